The van der Waals surface area contributed by atoms with E-state index in [1.807, 2.05) is 4.90 Å². The van der Waals surface area contributed by atoms with Crippen molar-refractivity contribution in [1.29, 1.82) is 0 Å². The highest BCUT2D eigenvalue weighted by Crippen LogP contribution is 2.17. The summed E-state index contributed by atoms with van der Waals surface area (Å²) >= 11 is 0. The molecular weight excluding hydrogens is 290 g/mol. The minimum absolute atomic E-state index is 0.0274. The van der Waals surface area contributed by atoms with Gasteiger partial charge in [-0.3, -0.25) is 14.5 Å². The molecule has 1 unspecified atom stereocenters. The number of piperidine rings is 1. The van der Waals surface area contributed by atoms with Gasteiger partial charge in [-0.1, -0.05) is 18.6 Å². The van der Waals surface area contributed by atoms with Gasteiger partial charge in [-0.05, 0) is 31.6 Å². The third kappa shape index (κ3) is 6.34. The fraction of sp³-hybridized carbons (Fsp3) is 0.778. The molecule has 0 radical (unpaired) electrons. The molecule has 0 aliphatic carbocycles. The zero-order chi connectivity index (χ0) is 16.7. The van der Waals surface area contributed by atoms with Crippen LogP contribution in [0.3, 0.4) is 0 Å². The predicted molar refractivity (Wildman–Crippen MR) is 92.0 cm³/mol. The average Bonchev–Trinajstić information content (AvgIpc) is 2.52. The van der Waals surface area contributed by atoms with Crippen molar-refractivity contribution < 1.29 is 9.59 Å². The Hall–Kier alpha value is -1.36. The summed E-state index contributed by atoms with van der Waals surface area (Å²) in [5.74, 6) is 0.983. The molecule has 1 fully saturated rings. The lowest BCUT2D eigenvalue weighted by molar-refractivity contribution is -0.133. The summed E-state index contributed by atoms with van der Waals surface area (Å²) < 4.78 is 0. The van der Waals surface area contributed by atoms with E-state index < -0.39 is 0 Å². The van der Waals surface area contributed by atoms with E-state index in [1.165, 1.54) is 12.0 Å². The number of carbonyl (C=O) groups is 2. The monoisotopic (exact) mass is 321 g/mol. The second-order valence-electron chi connectivity index (χ2n) is 7.00. The van der Waals surface area contributed by atoms with Crippen LogP contribution in [0.5, 0.6) is 0 Å². The topological polar surface area (TPSA) is 52.7 Å². The number of hydrogen-bond donors (Lipinski definition) is 1. The number of hydrogen-bond acceptors (Lipinski definition) is 3. The fourth-order valence-electron chi connectivity index (χ4n) is 3.48. The standard InChI is InChI=1S/C18H31N3O2/c1-15-5-3-11-21(13-15)18(23)8-12-20-10-4-6-17(14-20)7-9-19-16(2)22/h6,15H,3-5,7-14H2,1-2H3,(H,19,22). The fourth-order valence-corrected chi connectivity index (χ4v) is 3.48. The summed E-state index contributed by atoms with van der Waals surface area (Å²) in [5, 5.41) is 2.85. The van der Waals surface area contributed by atoms with Gasteiger partial charge >= 0.3 is 0 Å². The Balaban J connectivity index is 1.68. The quantitative estimate of drug-likeness (QED) is 0.759. The van der Waals surface area contributed by atoms with Crippen molar-refractivity contribution in [3.05, 3.63) is 11.6 Å². The molecule has 0 spiro atoms. The largest absolute Gasteiger partial charge is 0.356 e. The highest BCUT2D eigenvalue weighted by atomic mass is 16.2. The highest BCUT2D eigenvalue weighted by Gasteiger charge is 2.21. The number of carbonyl (C=O) groups excluding carboxylic acids is 2. The first kappa shape index (κ1) is 18.0. The predicted octanol–water partition coefficient (Wildman–Crippen LogP) is 1.79. The van der Waals surface area contributed by atoms with E-state index in [-0.39, 0.29) is 5.91 Å². The van der Waals surface area contributed by atoms with Crippen molar-refractivity contribution in [1.82, 2.24) is 15.1 Å². The van der Waals surface area contributed by atoms with Crippen LogP contribution < -0.4 is 5.32 Å². The Kier molecular flexibility index (Phi) is 7.09. The molecular formula is C18H31N3O2. The number of nitrogens with one attached hydrogen (secondary N) is 1. The number of nitrogens with zero attached hydrogens (tertiary/aromatic N) is 2. The second kappa shape index (κ2) is 9.06. The maximum Gasteiger partial charge on any atom is 0.223 e. The van der Waals surface area contributed by atoms with Gasteiger partial charge in [-0.15, -0.1) is 0 Å². The van der Waals surface area contributed by atoms with Gasteiger partial charge in [0.1, 0.15) is 0 Å². The molecule has 2 heterocycles. The van der Waals surface area contributed by atoms with Gasteiger partial charge < -0.3 is 10.2 Å². The van der Waals surface area contributed by atoms with Gasteiger partial charge in [0.25, 0.3) is 0 Å². The molecule has 5 heteroatoms. The van der Waals surface area contributed by atoms with Crippen LogP contribution in [-0.2, 0) is 9.59 Å². The summed E-state index contributed by atoms with van der Waals surface area (Å²) in [5.41, 5.74) is 1.38. The SMILES string of the molecule is CC(=O)NCCC1=CCCN(CCC(=O)N2CCCC(C)C2)C1. The number of amides is 2. The van der Waals surface area contributed by atoms with Crippen molar-refractivity contribution in [2.45, 2.75) is 46.0 Å². The molecule has 1 saturated heterocycles. The Morgan fingerprint density at radius 1 is 1.35 bits per heavy atom. The van der Waals surface area contributed by atoms with E-state index in [9.17, 15) is 9.59 Å². The number of rotatable bonds is 6. The smallest absolute Gasteiger partial charge is 0.223 e. The Morgan fingerprint density at radius 3 is 2.91 bits per heavy atom. The van der Waals surface area contributed by atoms with E-state index in [4.69, 9.17) is 0 Å². The zero-order valence-electron chi connectivity index (χ0n) is 14.6. The van der Waals surface area contributed by atoms with Crippen LogP contribution in [0.2, 0.25) is 0 Å². The Labute approximate surface area is 140 Å². The molecule has 0 aromatic rings. The summed E-state index contributed by atoms with van der Waals surface area (Å²) in [4.78, 5) is 27.7. The molecule has 0 aromatic heterocycles. The Bertz CT molecular complexity index is 448. The molecule has 0 bridgehead atoms. The van der Waals surface area contributed by atoms with Gasteiger partial charge in [0, 0.05) is 52.6 Å². The molecule has 1 atom stereocenters. The summed E-state index contributed by atoms with van der Waals surface area (Å²) in [6.07, 6.45) is 7.27. The lowest BCUT2D eigenvalue weighted by Crippen LogP contribution is -2.41. The molecule has 1 N–H and O–H groups in total. The third-order valence-electron chi connectivity index (χ3n) is 4.78. The molecule has 0 aromatic carbocycles. The second-order valence-corrected chi connectivity index (χ2v) is 7.00. The van der Waals surface area contributed by atoms with Crippen LogP contribution in [0, 0.1) is 5.92 Å². The normalized spacial score (nSPS) is 22.6. The van der Waals surface area contributed by atoms with Crippen LogP contribution in [0.15, 0.2) is 11.6 Å². The molecule has 130 valence electrons. The molecule has 2 rings (SSSR count). The van der Waals surface area contributed by atoms with Gasteiger partial charge in [0.2, 0.25) is 11.8 Å². The van der Waals surface area contributed by atoms with E-state index in [0.29, 0.717) is 24.8 Å². The maximum absolute atomic E-state index is 12.4. The van der Waals surface area contributed by atoms with Crippen molar-refractivity contribution in [3.8, 4) is 0 Å². The maximum atomic E-state index is 12.4. The van der Waals surface area contributed by atoms with Crippen LogP contribution in [0.1, 0.15) is 46.0 Å². The van der Waals surface area contributed by atoms with E-state index in [1.54, 1.807) is 6.92 Å². The van der Waals surface area contributed by atoms with Gasteiger partial charge in [-0.2, -0.15) is 0 Å². The minimum Gasteiger partial charge on any atom is -0.356 e. The van der Waals surface area contributed by atoms with Crippen LogP contribution in [0.25, 0.3) is 0 Å². The first-order valence-corrected chi connectivity index (χ1v) is 8.97. The van der Waals surface area contributed by atoms with E-state index >= 15 is 0 Å². The van der Waals surface area contributed by atoms with Crippen LogP contribution >= 0.6 is 0 Å². The molecule has 2 amide bonds. The molecule has 0 saturated carbocycles. The molecule has 5 nitrogen and oxygen atoms in total. The van der Waals surface area contributed by atoms with Crippen molar-refractivity contribution in [2.75, 3.05) is 39.3 Å². The van der Waals surface area contributed by atoms with Crippen molar-refractivity contribution in [3.63, 3.8) is 0 Å². The first-order valence-electron chi connectivity index (χ1n) is 8.97. The van der Waals surface area contributed by atoms with Crippen LogP contribution in [-0.4, -0.2) is 60.9 Å². The first-order chi connectivity index (χ1) is 11.0. The summed E-state index contributed by atoms with van der Waals surface area (Å²) in [7, 11) is 0. The lowest BCUT2D eigenvalue weighted by atomic mass is 10.00. The molecule has 2 aliphatic rings. The van der Waals surface area contributed by atoms with E-state index in [2.05, 4.69) is 23.2 Å². The Morgan fingerprint density at radius 2 is 2.17 bits per heavy atom. The number of likely N-dealkylation sites (tertiary alicyclic amines) is 1. The summed E-state index contributed by atoms with van der Waals surface area (Å²) in [6, 6.07) is 0. The van der Waals surface area contributed by atoms with Crippen molar-refractivity contribution >= 4 is 11.8 Å². The van der Waals surface area contributed by atoms with Gasteiger partial charge in [0.15, 0.2) is 0 Å². The zero-order valence-corrected chi connectivity index (χ0v) is 14.6. The lowest BCUT2D eigenvalue weighted by Gasteiger charge is -2.32. The highest BCUT2D eigenvalue weighted by molar-refractivity contribution is 5.76. The minimum atomic E-state index is 0.0274. The molecule has 23 heavy (non-hydrogen) atoms. The third-order valence-corrected chi connectivity index (χ3v) is 4.78. The average molecular weight is 321 g/mol. The van der Waals surface area contributed by atoms with Crippen molar-refractivity contribution in [2.24, 2.45) is 5.92 Å². The summed E-state index contributed by atoms with van der Waals surface area (Å²) in [6.45, 7) is 9.17. The molecule has 2 aliphatic heterocycles. The van der Waals surface area contributed by atoms with E-state index in [0.717, 1.165) is 52.0 Å². The van der Waals surface area contributed by atoms with Gasteiger partial charge in [0.05, 0.1) is 0 Å². The van der Waals surface area contributed by atoms with Gasteiger partial charge in [-0.25, -0.2) is 0 Å². The van der Waals surface area contributed by atoms with Crippen LogP contribution in [0.4, 0.5) is 0 Å².